The molecule has 0 spiro atoms. The summed E-state index contributed by atoms with van der Waals surface area (Å²) in [6.07, 6.45) is 1.63. The quantitative estimate of drug-likeness (QED) is 0.443. The molecule has 0 aliphatic heterocycles. The second-order valence-electron chi connectivity index (χ2n) is 5.79. The number of nitrogens with zero attached hydrogens (tertiary/aromatic N) is 1. The van der Waals surface area contributed by atoms with E-state index in [1.54, 1.807) is 14.0 Å². The Morgan fingerprint density at radius 1 is 1.48 bits per heavy atom. The number of hydrogen-bond donors (Lipinski definition) is 3. The zero-order valence-electron chi connectivity index (χ0n) is 14.4. The van der Waals surface area contributed by atoms with Crippen LogP contribution in [-0.2, 0) is 15.7 Å². The zero-order chi connectivity index (χ0) is 18.9. The molecule has 0 aromatic carbocycles. The maximum atomic E-state index is 12.4. The number of methoxy groups -OCH3 is 1. The first kappa shape index (κ1) is 20.1. The summed E-state index contributed by atoms with van der Waals surface area (Å²) in [5.74, 6) is -0.606. The third kappa shape index (κ3) is 3.96. The van der Waals surface area contributed by atoms with E-state index in [9.17, 15) is 19.0 Å². The van der Waals surface area contributed by atoms with Gasteiger partial charge in [0.05, 0.1) is 18.4 Å². The van der Waals surface area contributed by atoms with Crippen molar-refractivity contribution in [2.75, 3.05) is 27.7 Å². The van der Waals surface area contributed by atoms with Gasteiger partial charge < -0.3 is 14.6 Å². The van der Waals surface area contributed by atoms with Crippen molar-refractivity contribution in [1.29, 1.82) is 0 Å². The number of Topliss-reactive ketones (excluding diaryl/α,β-unsaturated/α-hetero) is 1. The summed E-state index contributed by atoms with van der Waals surface area (Å²) < 4.78 is 18.2. The summed E-state index contributed by atoms with van der Waals surface area (Å²) in [5.41, 5.74) is 2.00. The van der Waals surface area contributed by atoms with E-state index >= 15 is 0 Å². The van der Waals surface area contributed by atoms with Crippen LogP contribution in [0, 0.1) is 6.92 Å². The Morgan fingerprint density at radius 2 is 2.12 bits per heavy atom. The Hall–Kier alpha value is -1.25. The van der Waals surface area contributed by atoms with Crippen molar-refractivity contribution in [2.45, 2.75) is 18.2 Å². The smallest absolute Gasteiger partial charge is 0.340 e. The maximum Gasteiger partial charge on any atom is 0.340 e. The fraction of sp³-hybridized carbons (Fsp3) is 0.467. The largest absolute Gasteiger partial charge is 0.492 e. The predicted molar refractivity (Wildman–Crippen MR) is 97.2 cm³/mol. The molecule has 8 nitrogen and oxygen atoms in total. The number of ketones is 2. The molecule has 138 valence electrons. The number of fused-ring (bicyclic) bond motifs is 1. The summed E-state index contributed by atoms with van der Waals surface area (Å²) in [5, 5.41) is 2.38. The van der Waals surface area contributed by atoms with Gasteiger partial charge in [-0.25, -0.2) is 9.76 Å². The number of carbonyl (C=O) groups excluding carboxylic acids is 2. The number of nitrogens with one attached hydrogen (secondary N) is 2. The van der Waals surface area contributed by atoms with Gasteiger partial charge in [0.2, 0.25) is 11.6 Å². The Morgan fingerprint density at radius 3 is 2.68 bits per heavy atom. The molecule has 3 N–H and O–H groups in total. The number of ether oxygens (including phenoxy) is 1. The third-order valence-electron chi connectivity index (χ3n) is 4.17. The summed E-state index contributed by atoms with van der Waals surface area (Å²) in [6.45, 7) is 2.06. The molecule has 1 aromatic rings. The lowest BCUT2D eigenvalue weighted by atomic mass is 9.96. The van der Waals surface area contributed by atoms with Gasteiger partial charge in [-0.05, 0) is 26.6 Å². The maximum absolute atomic E-state index is 12.4. The normalized spacial score (nSPS) is 18.0. The van der Waals surface area contributed by atoms with Gasteiger partial charge in [0.25, 0.3) is 0 Å². The first-order valence-electron chi connectivity index (χ1n) is 7.56. The monoisotopic (exact) mass is 433 g/mol. The molecule has 10 heteroatoms. The Balaban J connectivity index is 2.21. The molecule has 2 atom stereocenters. The van der Waals surface area contributed by atoms with E-state index in [1.807, 2.05) is 0 Å². The lowest BCUT2D eigenvalue weighted by Gasteiger charge is -2.24. The Labute approximate surface area is 154 Å². The number of alkyl halides is 1. The highest BCUT2D eigenvalue weighted by Crippen LogP contribution is 2.38. The molecule has 1 aliphatic carbocycles. The second-order valence-corrected chi connectivity index (χ2v) is 9.31. The van der Waals surface area contributed by atoms with Gasteiger partial charge in [-0.2, -0.15) is 0 Å². The molecule has 0 amide bonds. The van der Waals surface area contributed by atoms with Gasteiger partial charge in [0.15, 0.2) is 5.76 Å². The minimum atomic E-state index is -3.56. The van der Waals surface area contributed by atoms with Crippen molar-refractivity contribution < 1.29 is 23.8 Å². The highest BCUT2D eigenvalue weighted by molar-refractivity contribution is 9.09. The molecular formula is C15H21BrN3O5P. The number of aromatic amines is 1. The molecule has 2 unspecified atom stereocenters. The average Bonchev–Trinajstić information content (AvgIpc) is 2.88. The SMILES string of the molecule is CNP(=O)(O)N(C)CC(Br)Cc1[nH]c2c(c1C)C(=O)C(OC)=CC2=O. The molecule has 1 heterocycles. The van der Waals surface area contributed by atoms with Crippen molar-refractivity contribution in [3.05, 3.63) is 34.3 Å². The number of aromatic nitrogens is 1. The summed E-state index contributed by atoms with van der Waals surface area (Å²) >= 11 is 3.49. The molecule has 0 fully saturated rings. The average molecular weight is 434 g/mol. The van der Waals surface area contributed by atoms with Gasteiger partial charge in [0, 0.05) is 29.6 Å². The van der Waals surface area contributed by atoms with E-state index in [0.717, 1.165) is 5.69 Å². The molecule has 25 heavy (non-hydrogen) atoms. The van der Waals surface area contributed by atoms with E-state index in [1.165, 1.54) is 24.9 Å². The van der Waals surface area contributed by atoms with Gasteiger partial charge >= 0.3 is 7.67 Å². The van der Waals surface area contributed by atoms with Crippen LogP contribution in [0.1, 0.15) is 32.1 Å². The van der Waals surface area contributed by atoms with Gasteiger partial charge in [0.1, 0.15) is 0 Å². The number of allylic oxidation sites excluding steroid dienone is 2. The molecule has 1 aliphatic rings. The van der Waals surface area contributed by atoms with E-state index in [-0.39, 0.29) is 27.8 Å². The van der Waals surface area contributed by atoms with Crippen LogP contribution in [0.4, 0.5) is 0 Å². The predicted octanol–water partition coefficient (Wildman–Crippen LogP) is 1.79. The van der Waals surface area contributed by atoms with Crippen LogP contribution in [0.3, 0.4) is 0 Å². The van der Waals surface area contributed by atoms with Crippen LogP contribution in [0.25, 0.3) is 0 Å². The molecule has 2 rings (SSSR count). The van der Waals surface area contributed by atoms with Gasteiger partial charge in [-0.3, -0.25) is 14.2 Å². The highest BCUT2D eigenvalue weighted by atomic mass is 79.9. The van der Waals surface area contributed by atoms with Crippen molar-refractivity contribution in [3.8, 4) is 0 Å². The second kappa shape index (κ2) is 7.55. The van der Waals surface area contributed by atoms with Crippen molar-refractivity contribution in [2.24, 2.45) is 0 Å². The van der Waals surface area contributed by atoms with E-state index < -0.39 is 7.67 Å². The molecule has 0 saturated carbocycles. The number of hydrogen-bond acceptors (Lipinski definition) is 4. The minimum absolute atomic E-state index is 0.0246. The number of rotatable bonds is 7. The minimum Gasteiger partial charge on any atom is -0.492 e. The van der Waals surface area contributed by atoms with E-state index in [4.69, 9.17) is 4.74 Å². The van der Waals surface area contributed by atoms with Crippen molar-refractivity contribution in [3.63, 3.8) is 0 Å². The fourth-order valence-corrected chi connectivity index (χ4v) is 4.45. The first-order chi connectivity index (χ1) is 11.6. The topological polar surface area (TPSA) is 112 Å². The first-order valence-corrected chi connectivity index (χ1v) is 10.1. The van der Waals surface area contributed by atoms with Crippen molar-refractivity contribution >= 4 is 35.2 Å². The van der Waals surface area contributed by atoms with E-state index in [2.05, 4.69) is 26.0 Å². The third-order valence-corrected chi connectivity index (χ3v) is 6.46. The lowest BCUT2D eigenvalue weighted by molar-refractivity contribution is 0.0915. The standard InChI is InChI=1S/C15H21BrN3O5P/c1-8-10(5-9(16)7-19(3)25(22,23)17-2)18-14-11(20)6-12(24-4)15(21)13(8)14/h6,9,18H,5,7H2,1-4H3,(H2,17,22,23). The van der Waals surface area contributed by atoms with Gasteiger partial charge in [-0.15, -0.1) is 0 Å². The van der Waals surface area contributed by atoms with Crippen LogP contribution in [-0.4, -0.2) is 58.7 Å². The molecule has 0 radical (unpaired) electrons. The zero-order valence-corrected chi connectivity index (χ0v) is 16.9. The number of halogens is 1. The summed E-state index contributed by atoms with van der Waals surface area (Å²) in [7, 11) is 0.748. The van der Waals surface area contributed by atoms with Crippen LogP contribution in [0.5, 0.6) is 0 Å². The lowest BCUT2D eigenvalue weighted by Crippen LogP contribution is -2.29. The molecule has 1 aromatic heterocycles. The highest BCUT2D eigenvalue weighted by Gasteiger charge is 2.32. The van der Waals surface area contributed by atoms with Crippen LogP contribution >= 0.6 is 23.6 Å². The number of carbonyl (C=O) groups is 2. The number of H-pyrrole nitrogens is 1. The molecule has 0 saturated heterocycles. The Kier molecular flexibility index (Phi) is 6.06. The summed E-state index contributed by atoms with van der Waals surface area (Å²) in [6, 6.07) is 0. The van der Waals surface area contributed by atoms with E-state index in [0.29, 0.717) is 24.1 Å². The summed E-state index contributed by atoms with van der Waals surface area (Å²) in [4.78, 5) is 37.2. The van der Waals surface area contributed by atoms with Crippen LogP contribution in [0.15, 0.2) is 11.8 Å². The molecule has 0 bridgehead atoms. The van der Waals surface area contributed by atoms with Crippen molar-refractivity contribution in [1.82, 2.24) is 14.7 Å². The van der Waals surface area contributed by atoms with Gasteiger partial charge in [-0.1, -0.05) is 15.9 Å². The molecular weight excluding hydrogens is 413 g/mol. The van der Waals surface area contributed by atoms with Crippen LogP contribution in [0.2, 0.25) is 0 Å². The van der Waals surface area contributed by atoms with Crippen LogP contribution < -0.4 is 5.09 Å². The fourth-order valence-electron chi connectivity index (χ4n) is 2.70. The Bertz CT molecular complexity index is 788.